The highest BCUT2D eigenvalue weighted by Gasteiger charge is 2.50. The number of guanidine groups is 1. The first kappa shape index (κ1) is 25.5. The number of rotatable bonds is 6. The second-order valence-corrected chi connectivity index (χ2v) is 8.02. The van der Waals surface area contributed by atoms with E-state index in [1.807, 2.05) is 6.92 Å². The van der Waals surface area contributed by atoms with Gasteiger partial charge in [-0.05, 0) is 31.9 Å². The Kier molecular flexibility index (Phi) is 9.20. The summed E-state index contributed by atoms with van der Waals surface area (Å²) in [6.45, 7) is 2.02. The van der Waals surface area contributed by atoms with E-state index >= 15 is 0 Å². The summed E-state index contributed by atoms with van der Waals surface area (Å²) in [5, 5.41) is 6.06. The van der Waals surface area contributed by atoms with Crippen molar-refractivity contribution in [2.24, 2.45) is 10.7 Å². The Morgan fingerprint density at radius 2 is 1.97 bits per heavy atom. The number of alkyl halides is 3. The summed E-state index contributed by atoms with van der Waals surface area (Å²) in [5.74, 6) is 0.135. The van der Waals surface area contributed by atoms with Crippen LogP contribution in [0.15, 0.2) is 21.5 Å². The highest BCUT2D eigenvalue weighted by Crippen LogP contribution is 2.28. The lowest BCUT2D eigenvalue weighted by atomic mass is 10.1. The predicted octanol–water partition coefficient (Wildman–Crippen LogP) is 1.37. The number of carbonyl (C=O) groups is 1. The Labute approximate surface area is 183 Å². The molecule has 2 heterocycles. The van der Waals surface area contributed by atoms with Crippen molar-refractivity contribution in [2.75, 3.05) is 19.6 Å². The van der Waals surface area contributed by atoms with Crippen LogP contribution in [0.25, 0.3) is 0 Å². The van der Waals surface area contributed by atoms with E-state index in [1.54, 1.807) is 6.07 Å². The van der Waals surface area contributed by atoms with Gasteiger partial charge in [-0.15, -0.1) is 24.0 Å². The van der Waals surface area contributed by atoms with Crippen LogP contribution in [0.2, 0.25) is 0 Å². The zero-order chi connectivity index (χ0) is 20.9. The maximum absolute atomic E-state index is 12.6. The van der Waals surface area contributed by atoms with Crippen molar-refractivity contribution in [1.29, 1.82) is 0 Å². The summed E-state index contributed by atoms with van der Waals surface area (Å²) < 4.78 is 66.5. The van der Waals surface area contributed by atoms with E-state index in [-0.39, 0.29) is 68.3 Å². The Morgan fingerprint density at radius 3 is 2.45 bits per heavy atom. The highest BCUT2D eigenvalue weighted by atomic mass is 127. The second-order valence-electron chi connectivity index (χ2n) is 6.09. The summed E-state index contributed by atoms with van der Waals surface area (Å²) in [5.41, 5.74) is -0.183. The third-order valence-corrected chi connectivity index (χ3v) is 5.70. The zero-order valence-electron chi connectivity index (χ0n) is 15.5. The number of sulfonamides is 1. The number of carbonyl (C=O) groups excluding carboxylic acids is 1. The van der Waals surface area contributed by atoms with Crippen LogP contribution in [-0.2, 0) is 16.6 Å². The normalized spacial score (nSPS) is 16.9. The molecule has 0 bridgehead atoms. The van der Waals surface area contributed by atoms with E-state index in [9.17, 15) is 26.4 Å². The van der Waals surface area contributed by atoms with E-state index in [4.69, 9.17) is 10.2 Å². The zero-order valence-corrected chi connectivity index (χ0v) is 18.7. The molecule has 0 saturated carbocycles. The third kappa shape index (κ3) is 6.74. The van der Waals surface area contributed by atoms with Gasteiger partial charge in [0, 0.05) is 25.7 Å². The molecule has 0 aromatic carbocycles. The number of nitrogens with zero attached hydrogens (tertiary/aromatic N) is 2. The van der Waals surface area contributed by atoms with E-state index in [0.717, 1.165) is 0 Å². The van der Waals surface area contributed by atoms with Crippen LogP contribution in [0.5, 0.6) is 0 Å². The quantitative estimate of drug-likeness (QED) is 0.277. The van der Waals surface area contributed by atoms with Crippen molar-refractivity contribution in [3.63, 3.8) is 0 Å². The van der Waals surface area contributed by atoms with Crippen LogP contribution < -0.4 is 16.4 Å². The average molecular weight is 553 g/mol. The van der Waals surface area contributed by atoms with Crippen LogP contribution >= 0.6 is 24.0 Å². The molecule has 0 aliphatic carbocycles. The van der Waals surface area contributed by atoms with Crippen LogP contribution in [0.4, 0.5) is 13.2 Å². The molecule has 1 amide bonds. The number of halogens is 4. The van der Waals surface area contributed by atoms with E-state index in [0.29, 0.717) is 22.6 Å². The predicted molar refractivity (Wildman–Crippen MR) is 110 cm³/mol. The fourth-order valence-corrected chi connectivity index (χ4v) is 3.64. The minimum Gasteiger partial charge on any atom is -0.454 e. The Morgan fingerprint density at radius 1 is 1.34 bits per heavy atom. The first-order valence-corrected chi connectivity index (χ1v) is 9.98. The summed E-state index contributed by atoms with van der Waals surface area (Å²) >= 11 is 0. The maximum atomic E-state index is 12.6. The molecule has 1 aromatic heterocycles. The first-order chi connectivity index (χ1) is 13.0. The third-order valence-electron chi connectivity index (χ3n) is 4.07. The monoisotopic (exact) mass is 553 g/mol. The number of hydrogen-bond acceptors (Lipinski definition) is 5. The molecule has 4 N–H and O–H groups in total. The molecule has 9 nitrogen and oxygen atoms in total. The molecular formula is C15H23F3IN5O4S. The van der Waals surface area contributed by atoms with E-state index in [1.165, 1.54) is 6.07 Å². The number of nitrogens with one attached hydrogen (secondary N) is 2. The number of amides is 1. The molecule has 166 valence electrons. The van der Waals surface area contributed by atoms with Gasteiger partial charge in [0.2, 0.25) is 0 Å². The summed E-state index contributed by atoms with van der Waals surface area (Å²) in [7, 11) is -5.30. The lowest BCUT2D eigenvalue weighted by Crippen LogP contribution is -2.51. The molecule has 14 heteroatoms. The van der Waals surface area contributed by atoms with Crippen LogP contribution in [0.1, 0.15) is 36.1 Å². The standard InChI is InChI=1S/C15H22F3N5O4S.HI/c1-2-20-14(21-9-11-3-4-12(27-11)13(19)24)22-10-5-7-23(8-6-10)28(25,26)15(16,17)18;/h3-4,10H,2,5-9H2,1H3,(H2,19,24)(H2,20,21,22);1H. The Hall–Kier alpha value is -1.55. The van der Waals surface area contributed by atoms with Crippen LogP contribution in [-0.4, -0.2) is 55.8 Å². The number of hydrogen-bond donors (Lipinski definition) is 3. The Balaban J connectivity index is 0.00000420. The molecule has 29 heavy (non-hydrogen) atoms. The van der Waals surface area contributed by atoms with Crippen LogP contribution in [0, 0.1) is 0 Å². The molecule has 2 rings (SSSR count). The molecule has 1 saturated heterocycles. The minimum absolute atomic E-state index is 0. The molecule has 0 unspecified atom stereocenters. The van der Waals surface area contributed by atoms with Gasteiger partial charge in [0.15, 0.2) is 11.7 Å². The topological polar surface area (TPSA) is 130 Å². The molecule has 1 aromatic rings. The van der Waals surface area contributed by atoms with Gasteiger partial charge in [-0.3, -0.25) is 4.79 Å². The largest absolute Gasteiger partial charge is 0.511 e. The second kappa shape index (κ2) is 10.5. The first-order valence-electron chi connectivity index (χ1n) is 8.54. The van der Waals surface area contributed by atoms with E-state index in [2.05, 4.69) is 15.6 Å². The fourth-order valence-electron chi connectivity index (χ4n) is 2.65. The molecule has 1 aliphatic heterocycles. The van der Waals surface area contributed by atoms with E-state index < -0.39 is 21.4 Å². The molecule has 1 aliphatic rings. The Bertz CT molecular complexity index is 820. The molecule has 0 atom stereocenters. The maximum Gasteiger partial charge on any atom is 0.511 e. The minimum atomic E-state index is -5.30. The van der Waals surface area contributed by atoms with Gasteiger partial charge in [0.25, 0.3) is 5.91 Å². The fraction of sp³-hybridized carbons (Fsp3) is 0.600. The smallest absolute Gasteiger partial charge is 0.454 e. The molecular weight excluding hydrogens is 530 g/mol. The van der Waals surface area contributed by atoms with Crippen molar-refractivity contribution >= 4 is 45.9 Å². The van der Waals surface area contributed by atoms with Gasteiger partial charge in [-0.25, -0.2) is 13.4 Å². The molecule has 0 radical (unpaired) electrons. The van der Waals surface area contributed by atoms with Crippen LogP contribution in [0.3, 0.4) is 0 Å². The number of aliphatic imine (C=N–C) groups is 1. The highest BCUT2D eigenvalue weighted by molar-refractivity contribution is 14.0. The van der Waals surface area contributed by atoms with Gasteiger partial charge in [0.05, 0.1) is 0 Å². The van der Waals surface area contributed by atoms with Gasteiger partial charge in [-0.1, -0.05) is 0 Å². The van der Waals surface area contributed by atoms with Crippen molar-refractivity contribution in [1.82, 2.24) is 14.9 Å². The number of piperidine rings is 1. The van der Waals surface area contributed by atoms with Crippen molar-refractivity contribution in [3.05, 3.63) is 23.7 Å². The van der Waals surface area contributed by atoms with Crippen molar-refractivity contribution in [3.8, 4) is 0 Å². The lowest BCUT2D eigenvalue weighted by molar-refractivity contribution is -0.0494. The summed E-state index contributed by atoms with van der Waals surface area (Å²) in [4.78, 5) is 15.3. The van der Waals surface area contributed by atoms with Gasteiger partial charge >= 0.3 is 15.5 Å². The average Bonchev–Trinajstić information content (AvgIpc) is 3.09. The van der Waals surface area contributed by atoms with Gasteiger partial charge < -0.3 is 20.8 Å². The van der Waals surface area contributed by atoms with Crippen molar-refractivity contribution < 1.29 is 30.8 Å². The molecule has 1 fully saturated rings. The number of furan rings is 1. The van der Waals surface area contributed by atoms with Crippen molar-refractivity contribution in [2.45, 2.75) is 37.9 Å². The number of primary amides is 1. The SMILES string of the molecule is CCNC(=NCc1ccc(C(N)=O)o1)NC1CCN(S(=O)(=O)C(F)(F)F)CC1.I. The summed E-state index contributed by atoms with van der Waals surface area (Å²) in [6, 6.07) is 2.76. The molecule has 0 spiro atoms. The lowest BCUT2D eigenvalue weighted by Gasteiger charge is -2.32. The van der Waals surface area contributed by atoms with Gasteiger partial charge in [0.1, 0.15) is 12.3 Å². The van der Waals surface area contributed by atoms with Gasteiger partial charge in [-0.2, -0.15) is 17.5 Å². The number of nitrogens with two attached hydrogens (primary N) is 1. The summed E-state index contributed by atoms with van der Waals surface area (Å²) in [6.07, 6.45) is 0.401.